The predicted octanol–water partition coefficient (Wildman–Crippen LogP) is 3.48. The minimum Gasteiger partial charge on any atom is -0.393 e. The lowest BCUT2D eigenvalue weighted by Gasteiger charge is -2.58. The fraction of sp³-hybridized carbons (Fsp3) is 0.565. The summed E-state index contributed by atoms with van der Waals surface area (Å²) < 4.78 is 0. The number of carbonyl (C=O) groups excluding carboxylic acids is 2. The van der Waals surface area contributed by atoms with Crippen molar-refractivity contribution in [3.8, 4) is 0 Å². The maximum atomic E-state index is 12.3. The Morgan fingerprint density at radius 2 is 1.96 bits per heavy atom. The summed E-state index contributed by atoms with van der Waals surface area (Å²) in [6.45, 7) is 13.5. The van der Waals surface area contributed by atoms with Gasteiger partial charge in [-0.1, -0.05) is 44.7 Å². The van der Waals surface area contributed by atoms with Crippen molar-refractivity contribution in [2.75, 3.05) is 0 Å². The molecule has 0 bridgehead atoms. The smallest absolute Gasteiger partial charge is 0.185 e. The highest BCUT2D eigenvalue weighted by Gasteiger charge is 2.68. The molecule has 2 fully saturated rings. The SMILES string of the molecule is C=C1C(=C)[C@@]2(C)C(=CC1=O)C(Cl)=C[C@@H]1[C@@H]2CC[C@@]2(C)[C@H]1C(O)C[C@]2(O)C(C)=O. The van der Waals surface area contributed by atoms with Crippen LogP contribution in [0.15, 0.2) is 47.1 Å². The van der Waals surface area contributed by atoms with Crippen LogP contribution >= 0.6 is 11.6 Å². The Kier molecular flexibility index (Phi) is 4.09. The summed E-state index contributed by atoms with van der Waals surface area (Å²) in [6, 6.07) is 0. The topological polar surface area (TPSA) is 74.6 Å². The third kappa shape index (κ3) is 2.09. The number of aliphatic hydroxyl groups excluding tert-OH is 1. The second-order valence-electron chi connectivity index (χ2n) is 9.45. The van der Waals surface area contributed by atoms with E-state index in [0.29, 0.717) is 22.6 Å². The first-order valence-corrected chi connectivity index (χ1v) is 10.2. The number of fused-ring (bicyclic) bond motifs is 5. The zero-order valence-electron chi connectivity index (χ0n) is 16.6. The number of aliphatic hydroxyl groups is 2. The summed E-state index contributed by atoms with van der Waals surface area (Å²) in [5.41, 5.74) is -0.989. The van der Waals surface area contributed by atoms with Crippen molar-refractivity contribution in [1.82, 2.24) is 0 Å². The molecular weight excluding hydrogens is 376 g/mol. The Morgan fingerprint density at radius 3 is 2.57 bits per heavy atom. The van der Waals surface area contributed by atoms with Gasteiger partial charge in [0.1, 0.15) is 5.60 Å². The summed E-state index contributed by atoms with van der Waals surface area (Å²) in [6.07, 6.45) is 4.07. The van der Waals surface area contributed by atoms with Crippen LogP contribution in [0.25, 0.3) is 0 Å². The van der Waals surface area contributed by atoms with Gasteiger partial charge in [-0.05, 0) is 48.8 Å². The van der Waals surface area contributed by atoms with Crippen molar-refractivity contribution in [3.05, 3.63) is 47.1 Å². The van der Waals surface area contributed by atoms with Crippen molar-refractivity contribution in [2.24, 2.45) is 28.6 Å². The number of hydrogen-bond acceptors (Lipinski definition) is 4. The van der Waals surface area contributed by atoms with E-state index in [1.54, 1.807) is 6.08 Å². The molecule has 28 heavy (non-hydrogen) atoms. The molecule has 4 rings (SSSR count). The lowest BCUT2D eigenvalue weighted by Crippen LogP contribution is -2.57. The van der Waals surface area contributed by atoms with E-state index in [0.717, 1.165) is 12.0 Å². The van der Waals surface area contributed by atoms with Crippen LogP contribution in [0.3, 0.4) is 0 Å². The Morgan fingerprint density at radius 1 is 1.32 bits per heavy atom. The number of allylic oxidation sites excluding steroid dienone is 6. The average Bonchev–Trinajstić information content (AvgIpc) is 2.83. The normalized spacial score (nSPS) is 47.7. The zero-order valence-corrected chi connectivity index (χ0v) is 17.3. The molecule has 0 spiro atoms. The first-order valence-electron chi connectivity index (χ1n) is 9.84. The molecule has 4 nitrogen and oxygen atoms in total. The lowest BCUT2D eigenvalue weighted by atomic mass is 9.46. The molecule has 0 radical (unpaired) electrons. The summed E-state index contributed by atoms with van der Waals surface area (Å²) in [5, 5.41) is 22.7. The third-order valence-corrected chi connectivity index (χ3v) is 8.83. The molecule has 0 heterocycles. The van der Waals surface area contributed by atoms with Crippen molar-refractivity contribution >= 4 is 23.2 Å². The fourth-order valence-electron chi connectivity index (χ4n) is 6.75. The van der Waals surface area contributed by atoms with Gasteiger partial charge in [-0.25, -0.2) is 0 Å². The molecule has 4 aliphatic rings. The molecule has 150 valence electrons. The first-order chi connectivity index (χ1) is 12.9. The highest BCUT2D eigenvalue weighted by atomic mass is 35.5. The average molecular weight is 403 g/mol. The largest absolute Gasteiger partial charge is 0.393 e. The summed E-state index contributed by atoms with van der Waals surface area (Å²) in [7, 11) is 0. The van der Waals surface area contributed by atoms with Gasteiger partial charge in [0, 0.05) is 33.8 Å². The molecule has 7 atom stereocenters. The standard InChI is InChI=1S/C23H27ClO4/c1-11-12(2)22(5)15-6-7-21(4)20(19(27)10-23(21,28)13(3)25)14(15)8-17(24)16(22)9-18(11)26/h8-9,14-15,19-20,27-28H,1-2,6-7,10H2,3-5H3/t14-,15+,19?,20-,21+,22-,23+/m1/s1. The molecule has 4 aliphatic carbocycles. The van der Waals surface area contributed by atoms with Crippen LogP contribution < -0.4 is 0 Å². The summed E-state index contributed by atoms with van der Waals surface area (Å²) in [4.78, 5) is 24.7. The number of ketones is 2. The maximum absolute atomic E-state index is 12.3. The van der Waals surface area contributed by atoms with Gasteiger partial charge in [0.15, 0.2) is 11.6 Å². The van der Waals surface area contributed by atoms with E-state index in [1.807, 2.05) is 19.9 Å². The van der Waals surface area contributed by atoms with Crippen LogP contribution in [0.1, 0.15) is 40.0 Å². The van der Waals surface area contributed by atoms with E-state index in [1.165, 1.54) is 6.92 Å². The van der Waals surface area contributed by atoms with Gasteiger partial charge in [0.2, 0.25) is 0 Å². The van der Waals surface area contributed by atoms with Crippen molar-refractivity contribution in [3.63, 3.8) is 0 Å². The molecule has 0 saturated heterocycles. The molecule has 0 aliphatic heterocycles. The van der Waals surface area contributed by atoms with Crippen molar-refractivity contribution in [2.45, 2.75) is 51.7 Å². The van der Waals surface area contributed by atoms with E-state index >= 15 is 0 Å². The van der Waals surface area contributed by atoms with Gasteiger partial charge in [-0.2, -0.15) is 0 Å². The minimum atomic E-state index is -1.54. The fourth-order valence-corrected chi connectivity index (χ4v) is 7.14. The molecule has 0 amide bonds. The Hall–Kier alpha value is -1.49. The monoisotopic (exact) mass is 402 g/mol. The van der Waals surface area contributed by atoms with Gasteiger partial charge < -0.3 is 10.2 Å². The highest BCUT2D eigenvalue weighted by Crippen LogP contribution is 2.68. The number of carbonyl (C=O) groups is 2. The zero-order chi connectivity index (χ0) is 20.8. The molecule has 0 aromatic carbocycles. The minimum absolute atomic E-state index is 0.0454. The Bertz CT molecular complexity index is 898. The quantitative estimate of drug-likeness (QED) is 0.658. The molecular formula is C23H27ClO4. The van der Waals surface area contributed by atoms with E-state index in [9.17, 15) is 19.8 Å². The predicted molar refractivity (Wildman–Crippen MR) is 107 cm³/mol. The second kappa shape index (κ2) is 5.78. The molecule has 0 aromatic heterocycles. The highest BCUT2D eigenvalue weighted by molar-refractivity contribution is 6.33. The molecule has 2 N–H and O–H groups in total. The van der Waals surface area contributed by atoms with Crippen LogP contribution in [0.5, 0.6) is 0 Å². The number of rotatable bonds is 1. The van der Waals surface area contributed by atoms with Crippen molar-refractivity contribution in [1.29, 1.82) is 0 Å². The molecule has 2 saturated carbocycles. The van der Waals surface area contributed by atoms with E-state index < -0.39 is 22.5 Å². The number of hydrogen-bond donors (Lipinski definition) is 2. The Balaban J connectivity index is 1.89. The first kappa shape index (κ1) is 19.8. The van der Waals surface area contributed by atoms with Crippen LogP contribution in [-0.4, -0.2) is 33.5 Å². The molecule has 5 heteroatoms. The number of Topliss-reactive ketones (excluding diaryl/α,β-unsaturated/α-hetero) is 1. The van der Waals surface area contributed by atoms with Gasteiger partial charge in [-0.3, -0.25) is 9.59 Å². The van der Waals surface area contributed by atoms with E-state index in [-0.39, 0.29) is 35.7 Å². The van der Waals surface area contributed by atoms with Crippen LogP contribution in [0.4, 0.5) is 0 Å². The third-order valence-electron chi connectivity index (χ3n) is 8.50. The summed E-state index contributed by atoms with van der Waals surface area (Å²) >= 11 is 6.65. The van der Waals surface area contributed by atoms with Crippen LogP contribution in [0, 0.1) is 28.6 Å². The van der Waals surface area contributed by atoms with Crippen molar-refractivity contribution < 1.29 is 19.8 Å². The van der Waals surface area contributed by atoms with Gasteiger partial charge in [0.25, 0.3) is 0 Å². The lowest BCUT2D eigenvalue weighted by molar-refractivity contribution is -0.156. The Labute approximate surface area is 170 Å². The van der Waals surface area contributed by atoms with E-state index in [2.05, 4.69) is 13.2 Å². The van der Waals surface area contributed by atoms with E-state index in [4.69, 9.17) is 11.6 Å². The van der Waals surface area contributed by atoms with Gasteiger partial charge in [0.05, 0.1) is 6.10 Å². The van der Waals surface area contributed by atoms with Crippen LogP contribution in [-0.2, 0) is 9.59 Å². The summed E-state index contributed by atoms with van der Waals surface area (Å²) in [5.74, 6) is -0.843. The maximum Gasteiger partial charge on any atom is 0.185 e. The number of halogens is 1. The molecule has 0 aromatic rings. The van der Waals surface area contributed by atoms with Gasteiger partial charge in [-0.15, -0.1) is 0 Å². The van der Waals surface area contributed by atoms with Gasteiger partial charge >= 0.3 is 0 Å². The van der Waals surface area contributed by atoms with Crippen LogP contribution in [0.2, 0.25) is 0 Å². The molecule has 1 unspecified atom stereocenters. The second-order valence-corrected chi connectivity index (χ2v) is 9.86.